The van der Waals surface area contributed by atoms with Crippen molar-refractivity contribution < 1.29 is 9.59 Å². The Labute approximate surface area is 116 Å². The fourth-order valence-corrected chi connectivity index (χ4v) is 3.10. The third-order valence-corrected chi connectivity index (χ3v) is 4.68. The summed E-state index contributed by atoms with van der Waals surface area (Å²) in [5, 5.41) is 5.79. The minimum Gasteiger partial charge on any atom is -0.342 e. The average Bonchev–Trinajstić information content (AvgIpc) is 3.10. The zero-order valence-electron chi connectivity index (χ0n) is 10.8. The van der Waals surface area contributed by atoms with E-state index in [4.69, 9.17) is 0 Å². The molecule has 0 radical (unpaired) electrons. The minimum absolute atomic E-state index is 0.0318. The van der Waals surface area contributed by atoms with Gasteiger partial charge in [0.15, 0.2) is 0 Å². The maximum Gasteiger partial charge on any atom is 0.246 e. The number of rotatable bonds is 4. The lowest BCUT2D eigenvalue weighted by Crippen LogP contribution is -2.63. The summed E-state index contributed by atoms with van der Waals surface area (Å²) in [6, 6.07) is -0.664. The van der Waals surface area contributed by atoms with Gasteiger partial charge in [-0.15, -0.1) is 11.3 Å². The molecule has 1 aromatic rings. The smallest absolute Gasteiger partial charge is 0.246 e. The molecule has 2 amide bonds. The maximum atomic E-state index is 12.4. The van der Waals surface area contributed by atoms with E-state index in [-0.39, 0.29) is 23.9 Å². The molecule has 1 aliphatic heterocycles. The summed E-state index contributed by atoms with van der Waals surface area (Å²) < 4.78 is 0. The van der Waals surface area contributed by atoms with E-state index < -0.39 is 0 Å². The van der Waals surface area contributed by atoms with Crippen LogP contribution in [-0.2, 0) is 16.0 Å². The highest BCUT2D eigenvalue weighted by molar-refractivity contribution is 7.09. The highest BCUT2D eigenvalue weighted by atomic mass is 32.1. The van der Waals surface area contributed by atoms with Crippen LogP contribution in [0, 0.1) is 5.92 Å². The van der Waals surface area contributed by atoms with Gasteiger partial charge in [0, 0.05) is 24.5 Å². The summed E-state index contributed by atoms with van der Waals surface area (Å²) in [6.07, 6.45) is 4.58. The van der Waals surface area contributed by atoms with E-state index in [1.54, 1.807) is 29.4 Å². The molecular formula is C13H17N3O2S. The van der Waals surface area contributed by atoms with Crippen molar-refractivity contribution in [1.82, 2.24) is 15.2 Å². The van der Waals surface area contributed by atoms with E-state index in [0.717, 1.165) is 24.3 Å². The van der Waals surface area contributed by atoms with Gasteiger partial charge < -0.3 is 10.2 Å². The van der Waals surface area contributed by atoms with Crippen LogP contribution in [0.15, 0.2) is 11.6 Å². The van der Waals surface area contributed by atoms with Crippen molar-refractivity contribution in [3.05, 3.63) is 16.6 Å². The molecule has 2 fully saturated rings. The van der Waals surface area contributed by atoms with E-state index in [1.807, 2.05) is 5.38 Å². The Morgan fingerprint density at radius 1 is 1.47 bits per heavy atom. The van der Waals surface area contributed by atoms with E-state index in [9.17, 15) is 9.59 Å². The highest BCUT2D eigenvalue weighted by Gasteiger charge is 2.45. The lowest BCUT2D eigenvalue weighted by Gasteiger charge is -2.37. The van der Waals surface area contributed by atoms with Crippen LogP contribution in [0.25, 0.3) is 0 Å². The fourth-order valence-electron chi connectivity index (χ4n) is 2.49. The number of carbonyl (C=O) groups is 2. The van der Waals surface area contributed by atoms with Gasteiger partial charge in [0.25, 0.3) is 0 Å². The molecular weight excluding hydrogens is 262 g/mol. The van der Waals surface area contributed by atoms with Crippen molar-refractivity contribution in [3.63, 3.8) is 0 Å². The van der Waals surface area contributed by atoms with Crippen LogP contribution in [0.1, 0.15) is 24.8 Å². The van der Waals surface area contributed by atoms with Gasteiger partial charge in [-0.3, -0.25) is 9.59 Å². The van der Waals surface area contributed by atoms with Crippen LogP contribution in [0.2, 0.25) is 0 Å². The Balaban J connectivity index is 1.69. The first-order valence-electron chi connectivity index (χ1n) is 6.66. The number of aromatic nitrogens is 1. The highest BCUT2D eigenvalue weighted by Crippen LogP contribution is 2.35. The first-order chi connectivity index (χ1) is 9.16. The second kappa shape index (κ2) is 4.92. The third-order valence-electron chi connectivity index (χ3n) is 3.84. The molecule has 1 N–H and O–H groups in total. The molecule has 2 aliphatic rings. The SMILES string of the molecule is CC1C(=O)NC(C2CC2)C(=O)N1CCc1nccs1. The van der Waals surface area contributed by atoms with Crippen molar-refractivity contribution in [2.24, 2.45) is 5.92 Å². The van der Waals surface area contributed by atoms with Gasteiger partial charge in [-0.1, -0.05) is 0 Å². The van der Waals surface area contributed by atoms with Crippen molar-refractivity contribution in [2.45, 2.75) is 38.3 Å². The van der Waals surface area contributed by atoms with Gasteiger partial charge in [0.1, 0.15) is 12.1 Å². The number of amides is 2. The molecule has 5 nitrogen and oxygen atoms in total. The van der Waals surface area contributed by atoms with Gasteiger partial charge in [0.05, 0.1) is 5.01 Å². The maximum absolute atomic E-state index is 12.4. The van der Waals surface area contributed by atoms with Crippen LogP contribution < -0.4 is 5.32 Å². The summed E-state index contributed by atoms with van der Waals surface area (Å²) in [5.41, 5.74) is 0. The molecule has 19 heavy (non-hydrogen) atoms. The van der Waals surface area contributed by atoms with Crippen LogP contribution in [0.3, 0.4) is 0 Å². The molecule has 102 valence electrons. The number of hydrogen-bond acceptors (Lipinski definition) is 4. The number of piperazine rings is 1. The third kappa shape index (κ3) is 2.49. The zero-order valence-corrected chi connectivity index (χ0v) is 11.7. The number of carbonyl (C=O) groups excluding carboxylic acids is 2. The van der Waals surface area contributed by atoms with Gasteiger partial charge in [0.2, 0.25) is 11.8 Å². The summed E-state index contributed by atoms with van der Waals surface area (Å²) >= 11 is 1.58. The second-order valence-electron chi connectivity index (χ2n) is 5.21. The van der Waals surface area contributed by atoms with Crippen molar-refractivity contribution >= 4 is 23.2 Å². The Morgan fingerprint density at radius 2 is 2.26 bits per heavy atom. The Bertz CT molecular complexity index is 484. The molecule has 1 saturated heterocycles. The number of thiazole rings is 1. The molecule has 1 aromatic heterocycles. The number of nitrogens with zero attached hydrogens (tertiary/aromatic N) is 2. The largest absolute Gasteiger partial charge is 0.342 e. The minimum atomic E-state index is -0.373. The predicted octanol–water partition coefficient (Wildman–Crippen LogP) is 0.811. The Hall–Kier alpha value is -1.43. The summed E-state index contributed by atoms with van der Waals surface area (Å²) in [7, 11) is 0. The first kappa shape index (κ1) is 12.6. The van der Waals surface area contributed by atoms with Crippen LogP contribution >= 0.6 is 11.3 Å². The Kier molecular flexibility index (Phi) is 3.26. The quantitative estimate of drug-likeness (QED) is 0.887. The molecule has 2 heterocycles. The number of nitrogens with one attached hydrogen (secondary N) is 1. The fraction of sp³-hybridized carbons (Fsp3) is 0.615. The molecule has 0 aromatic carbocycles. The van der Waals surface area contributed by atoms with Crippen LogP contribution in [-0.4, -0.2) is 40.3 Å². The van der Waals surface area contributed by atoms with E-state index in [1.165, 1.54) is 0 Å². The van der Waals surface area contributed by atoms with Gasteiger partial charge in [-0.2, -0.15) is 0 Å². The van der Waals surface area contributed by atoms with Gasteiger partial charge >= 0.3 is 0 Å². The molecule has 1 aliphatic carbocycles. The summed E-state index contributed by atoms with van der Waals surface area (Å²) in [5.74, 6) is 0.396. The van der Waals surface area contributed by atoms with Crippen molar-refractivity contribution in [1.29, 1.82) is 0 Å². The molecule has 6 heteroatoms. The first-order valence-corrected chi connectivity index (χ1v) is 7.54. The Morgan fingerprint density at radius 3 is 2.89 bits per heavy atom. The molecule has 2 unspecified atom stereocenters. The van der Waals surface area contributed by atoms with Crippen LogP contribution in [0.4, 0.5) is 0 Å². The van der Waals surface area contributed by atoms with Gasteiger partial charge in [-0.25, -0.2) is 4.98 Å². The monoisotopic (exact) mass is 279 g/mol. The normalized spacial score (nSPS) is 27.5. The zero-order chi connectivity index (χ0) is 13.4. The van der Waals surface area contributed by atoms with Crippen LogP contribution in [0.5, 0.6) is 0 Å². The van der Waals surface area contributed by atoms with Crippen molar-refractivity contribution in [3.8, 4) is 0 Å². The lowest BCUT2D eigenvalue weighted by atomic mass is 10.0. The topological polar surface area (TPSA) is 62.3 Å². The summed E-state index contributed by atoms with van der Waals surface area (Å²) in [4.78, 5) is 30.3. The van der Waals surface area contributed by atoms with Crippen molar-refractivity contribution in [2.75, 3.05) is 6.54 Å². The van der Waals surface area contributed by atoms with E-state index in [2.05, 4.69) is 10.3 Å². The lowest BCUT2D eigenvalue weighted by molar-refractivity contribution is -0.149. The predicted molar refractivity (Wildman–Crippen MR) is 71.6 cm³/mol. The van der Waals surface area contributed by atoms with E-state index in [0.29, 0.717) is 12.5 Å². The molecule has 0 bridgehead atoms. The standard InChI is InChI=1S/C13H17N3O2S/c1-8-12(17)15-11(9-2-3-9)13(18)16(8)6-4-10-14-5-7-19-10/h5,7-9,11H,2-4,6H2,1H3,(H,15,17). The second-order valence-corrected chi connectivity index (χ2v) is 6.19. The molecule has 0 spiro atoms. The molecule has 2 atom stereocenters. The molecule has 1 saturated carbocycles. The number of hydrogen-bond donors (Lipinski definition) is 1. The van der Waals surface area contributed by atoms with E-state index >= 15 is 0 Å². The molecule has 3 rings (SSSR count). The average molecular weight is 279 g/mol. The summed E-state index contributed by atoms with van der Waals surface area (Å²) in [6.45, 7) is 2.36. The van der Waals surface area contributed by atoms with Gasteiger partial charge in [-0.05, 0) is 25.7 Å².